The Morgan fingerprint density at radius 2 is 2.00 bits per heavy atom. The lowest BCUT2D eigenvalue weighted by Crippen LogP contribution is -2.29. The maximum Gasteiger partial charge on any atom is 0.250 e. The molecule has 2 aromatic heterocycles. The highest BCUT2D eigenvalue weighted by Gasteiger charge is 2.29. The number of nitrogens with one attached hydrogen (secondary N) is 1. The molecule has 0 radical (unpaired) electrons. The van der Waals surface area contributed by atoms with Gasteiger partial charge in [0.25, 0.3) is 5.91 Å². The number of carbonyl (C=O) groups excluding carboxylic acids is 2. The number of hydrogen-bond donors (Lipinski definition) is 1. The third kappa shape index (κ3) is 4.16. The molecule has 2 heterocycles. The molecular weight excluding hydrogens is 364 g/mol. The number of hydrogen-bond acceptors (Lipinski definition) is 7. The molecule has 7 nitrogen and oxygen atoms in total. The lowest BCUT2D eigenvalue weighted by molar-refractivity contribution is -0.117. The highest BCUT2D eigenvalue weighted by molar-refractivity contribution is 7.13. The van der Waals surface area contributed by atoms with Gasteiger partial charge >= 0.3 is 0 Å². The van der Waals surface area contributed by atoms with Crippen LogP contribution in [0.5, 0.6) is 5.75 Å². The zero-order valence-electron chi connectivity index (χ0n) is 14.2. The topological polar surface area (TPSA) is 105 Å². The summed E-state index contributed by atoms with van der Waals surface area (Å²) in [6.07, 6.45) is 1.50. The van der Waals surface area contributed by atoms with Crippen molar-refractivity contribution >= 4 is 28.8 Å². The van der Waals surface area contributed by atoms with E-state index in [1.165, 1.54) is 17.5 Å². The molecule has 0 spiro atoms. The number of aromatic nitrogens is 2. The number of benzene rings is 1. The fraction of sp³-hybridized carbons (Fsp3) is 0.105. The standard InChI is InChI=1S/C19H14N4O3S/c1-26-13-7-5-12(6-8-13)19-22-15(11-27-19)17(24)14(10-20)18(25)23-16-4-2-3-9-21-16/h2-9,11,14H,1H3,(H,21,23,25). The number of ketones is 1. The van der Waals surface area contributed by atoms with E-state index in [-0.39, 0.29) is 11.5 Å². The van der Waals surface area contributed by atoms with Crippen molar-refractivity contribution in [2.24, 2.45) is 5.92 Å². The van der Waals surface area contributed by atoms with Gasteiger partial charge < -0.3 is 10.1 Å². The van der Waals surface area contributed by atoms with Crippen LogP contribution in [0.2, 0.25) is 0 Å². The fourth-order valence-electron chi connectivity index (χ4n) is 2.27. The molecule has 27 heavy (non-hydrogen) atoms. The zero-order chi connectivity index (χ0) is 19.2. The lowest BCUT2D eigenvalue weighted by atomic mass is 10.0. The average molecular weight is 378 g/mol. The molecule has 0 saturated carbocycles. The SMILES string of the molecule is COc1ccc(-c2nc(C(=O)C(C#N)C(=O)Nc3ccccn3)cs2)cc1. The quantitative estimate of drug-likeness (QED) is 0.522. The Hall–Kier alpha value is -3.57. The minimum atomic E-state index is -1.50. The predicted octanol–water partition coefficient (Wildman–Crippen LogP) is 3.17. The van der Waals surface area contributed by atoms with E-state index in [9.17, 15) is 14.9 Å². The molecule has 0 aliphatic carbocycles. The van der Waals surface area contributed by atoms with Crippen molar-refractivity contribution in [2.45, 2.75) is 0 Å². The summed E-state index contributed by atoms with van der Waals surface area (Å²) in [5.74, 6) is -1.91. The van der Waals surface area contributed by atoms with E-state index in [0.29, 0.717) is 10.8 Å². The van der Waals surface area contributed by atoms with Gasteiger partial charge in [0.05, 0.1) is 13.2 Å². The molecule has 1 amide bonds. The van der Waals surface area contributed by atoms with Gasteiger partial charge in [-0.25, -0.2) is 9.97 Å². The van der Waals surface area contributed by atoms with E-state index in [0.717, 1.165) is 5.56 Å². The van der Waals surface area contributed by atoms with E-state index >= 15 is 0 Å². The van der Waals surface area contributed by atoms with Gasteiger partial charge in [0, 0.05) is 17.1 Å². The van der Waals surface area contributed by atoms with Crippen LogP contribution in [0.4, 0.5) is 5.82 Å². The molecule has 0 saturated heterocycles. The summed E-state index contributed by atoms with van der Waals surface area (Å²) < 4.78 is 5.11. The Morgan fingerprint density at radius 3 is 2.63 bits per heavy atom. The number of carbonyl (C=O) groups is 2. The molecule has 134 valence electrons. The molecule has 0 aliphatic heterocycles. The molecule has 3 rings (SSSR count). The number of amides is 1. The Morgan fingerprint density at radius 1 is 1.22 bits per heavy atom. The van der Waals surface area contributed by atoms with E-state index in [1.807, 2.05) is 12.1 Å². The second-order valence-corrected chi connectivity index (χ2v) is 6.26. The first-order valence-electron chi connectivity index (χ1n) is 7.88. The Bertz CT molecular complexity index is 994. The molecule has 3 aromatic rings. The van der Waals surface area contributed by atoms with Crippen LogP contribution in [0.1, 0.15) is 10.5 Å². The van der Waals surface area contributed by atoms with E-state index in [1.54, 1.807) is 48.9 Å². The summed E-state index contributed by atoms with van der Waals surface area (Å²) in [6.45, 7) is 0. The van der Waals surface area contributed by atoms with Gasteiger partial charge in [0.2, 0.25) is 5.78 Å². The van der Waals surface area contributed by atoms with Crippen molar-refractivity contribution in [1.82, 2.24) is 9.97 Å². The zero-order valence-corrected chi connectivity index (χ0v) is 15.1. The molecule has 1 N–H and O–H groups in total. The second-order valence-electron chi connectivity index (χ2n) is 5.40. The van der Waals surface area contributed by atoms with E-state index in [4.69, 9.17) is 4.74 Å². The van der Waals surface area contributed by atoms with E-state index < -0.39 is 17.6 Å². The summed E-state index contributed by atoms with van der Waals surface area (Å²) in [4.78, 5) is 33.1. The first-order valence-corrected chi connectivity index (χ1v) is 8.76. The van der Waals surface area contributed by atoms with Crippen LogP contribution in [0.15, 0.2) is 54.0 Å². The van der Waals surface area contributed by atoms with Crippen molar-refractivity contribution in [3.63, 3.8) is 0 Å². The first kappa shape index (κ1) is 18.2. The average Bonchev–Trinajstić information content (AvgIpc) is 3.19. The maximum atomic E-state index is 12.6. The molecule has 1 aromatic carbocycles. The van der Waals surface area contributed by atoms with Crippen LogP contribution in [0, 0.1) is 17.2 Å². The van der Waals surface area contributed by atoms with Crippen LogP contribution in [0.25, 0.3) is 10.6 Å². The van der Waals surface area contributed by atoms with E-state index in [2.05, 4.69) is 15.3 Å². The molecule has 8 heteroatoms. The number of ether oxygens (including phenoxy) is 1. The Labute approximate surface area is 159 Å². The summed E-state index contributed by atoms with van der Waals surface area (Å²) in [7, 11) is 1.58. The van der Waals surface area contributed by atoms with Crippen LogP contribution >= 0.6 is 11.3 Å². The molecule has 0 fully saturated rings. The smallest absolute Gasteiger partial charge is 0.250 e. The van der Waals surface area contributed by atoms with Gasteiger partial charge in [-0.1, -0.05) is 6.07 Å². The van der Waals surface area contributed by atoms with Gasteiger partial charge in [-0.05, 0) is 36.4 Å². The highest BCUT2D eigenvalue weighted by atomic mass is 32.1. The predicted molar refractivity (Wildman–Crippen MR) is 100 cm³/mol. The molecule has 0 aliphatic rings. The minimum absolute atomic E-state index is 0.0774. The molecular formula is C19H14N4O3S. The lowest BCUT2D eigenvalue weighted by Gasteiger charge is -2.07. The first-order chi connectivity index (χ1) is 13.1. The van der Waals surface area contributed by atoms with Crippen LogP contribution < -0.4 is 10.1 Å². The number of nitriles is 1. The van der Waals surface area contributed by atoms with Crippen LogP contribution in [-0.4, -0.2) is 28.8 Å². The van der Waals surface area contributed by atoms with Gasteiger partial charge in [-0.15, -0.1) is 11.3 Å². The number of nitrogens with zero attached hydrogens (tertiary/aromatic N) is 3. The number of anilines is 1. The van der Waals surface area contributed by atoms with Gasteiger partial charge in [-0.2, -0.15) is 5.26 Å². The molecule has 1 unspecified atom stereocenters. The third-order valence-electron chi connectivity index (χ3n) is 3.66. The van der Waals surface area contributed by atoms with Gasteiger partial charge in [0.1, 0.15) is 22.3 Å². The summed E-state index contributed by atoms with van der Waals surface area (Å²) in [5.41, 5.74) is 0.889. The van der Waals surface area contributed by atoms with Crippen molar-refractivity contribution in [3.8, 4) is 22.4 Å². The molecule has 0 bridgehead atoms. The number of rotatable bonds is 6. The van der Waals surface area contributed by atoms with Gasteiger partial charge in [-0.3, -0.25) is 9.59 Å². The molecule has 1 atom stereocenters. The fourth-order valence-corrected chi connectivity index (χ4v) is 3.09. The van der Waals surface area contributed by atoms with Crippen LogP contribution in [0.3, 0.4) is 0 Å². The van der Waals surface area contributed by atoms with Crippen molar-refractivity contribution in [1.29, 1.82) is 5.26 Å². The maximum absolute atomic E-state index is 12.6. The van der Waals surface area contributed by atoms with Crippen molar-refractivity contribution in [3.05, 3.63) is 59.7 Å². The third-order valence-corrected chi connectivity index (χ3v) is 4.55. The van der Waals surface area contributed by atoms with Gasteiger partial charge in [0.15, 0.2) is 5.92 Å². The summed E-state index contributed by atoms with van der Waals surface area (Å²) in [6, 6.07) is 13.9. The number of methoxy groups -OCH3 is 1. The monoisotopic (exact) mass is 378 g/mol. The van der Waals surface area contributed by atoms with Crippen LogP contribution in [-0.2, 0) is 4.79 Å². The largest absolute Gasteiger partial charge is 0.497 e. The summed E-state index contributed by atoms with van der Waals surface area (Å²) >= 11 is 1.26. The minimum Gasteiger partial charge on any atom is -0.497 e. The summed E-state index contributed by atoms with van der Waals surface area (Å²) in [5, 5.41) is 13.9. The normalized spacial score (nSPS) is 11.3. The number of thiazole rings is 1. The number of Topliss-reactive ketones (excluding diaryl/α,β-unsaturated/α-hetero) is 1. The highest BCUT2D eigenvalue weighted by Crippen LogP contribution is 2.26. The number of pyridine rings is 1. The van der Waals surface area contributed by atoms with Crippen molar-refractivity contribution < 1.29 is 14.3 Å². The Balaban J connectivity index is 1.76. The van der Waals surface area contributed by atoms with Crippen molar-refractivity contribution in [2.75, 3.05) is 12.4 Å². The Kier molecular flexibility index (Phi) is 5.54. The second kappa shape index (κ2) is 8.21.